The van der Waals surface area contributed by atoms with Crippen molar-refractivity contribution < 1.29 is 0 Å². The fourth-order valence-electron chi connectivity index (χ4n) is 4.18. The van der Waals surface area contributed by atoms with Crippen molar-refractivity contribution in [3.63, 3.8) is 0 Å². The topological polar surface area (TPSA) is 4.93 Å². The molecule has 1 aromatic rings. The van der Waals surface area contributed by atoms with Crippen LogP contribution in [0, 0.1) is 6.92 Å². The molecule has 0 aliphatic heterocycles. The van der Waals surface area contributed by atoms with Gasteiger partial charge in [-0.2, -0.15) is 0 Å². The second-order valence-corrected chi connectivity index (χ2v) is 10.9. The van der Waals surface area contributed by atoms with Crippen LogP contribution in [0.5, 0.6) is 0 Å². The number of rotatable bonds is 6. The molecule has 1 nitrogen and oxygen atoms in total. The van der Waals surface area contributed by atoms with Crippen molar-refractivity contribution in [3.05, 3.63) is 22.5 Å². The third-order valence-corrected chi connectivity index (χ3v) is 6.72. The molecular weight excluding hydrogens is 302 g/mol. The van der Waals surface area contributed by atoms with Crippen LogP contribution in [0.4, 0.5) is 0 Å². The summed E-state index contributed by atoms with van der Waals surface area (Å²) in [4.78, 5) is 0. The molecule has 1 heteroatoms. The molecule has 0 fully saturated rings. The lowest BCUT2D eigenvalue weighted by atomic mass is 9.68. The Morgan fingerprint density at radius 2 is 0.960 bits per heavy atom. The van der Waals surface area contributed by atoms with Gasteiger partial charge in [-0.05, 0) is 68.9 Å². The number of hydrogen-bond donors (Lipinski definition) is 0. The van der Waals surface area contributed by atoms with Crippen molar-refractivity contribution in [1.29, 1.82) is 0 Å². The van der Waals surface area contributed by atoms with Crippen LogP contribution in [-0.4, -0.2) is 4.57 Å². The average Bonchev–Trinajstić information content (AvgIpc) is 2.82. The van der Waals surface area contributed by atoms with Crippen molar-refractivity contribution >= 4 is 0 Å². The fourth-order valence-corrected chi connectivity index (χ4v) is 4.18. The molecule has 146 valence electrons. The van der Waals surface area contributed by atoms with Crippen LogP contribution >= 0.6 is 0 Å². The molecule has 0 saturated carbocycles. The smallest absolute Gasteiger partial charge is 0.0361 e. The number of aromatic nitrogens is 1. The summed E-state index contributed by atoms with van der Waals surface area (Å²) in [5, 5.41) is 0. The number of nitrogens with zero attached hydrogens (tertiary/aromatic N) is 1. The lowest BCUT2D eigenvalue weighted by Crippen LogP contribution is -2.33. The van der Waals surface area contributed by atoms with Crippen LogP contribution < -0.4 is 0 Å². The Morgan fingerprint density at radius 1 is 0.600 bits per heavy atom. The van der Waals surface area contributed by atoms with Crippen LogP contribution in [0.25, 0.3) is 0 Å². The van der Waals surface area contributed by atoms with E-state index in [0.29, 0.717) is 0 Å². The molecule has 0 bridgehead atoms. The summed E-state index contributed by atoms with van der Waals surface area (Å²) < 4.78 is 2.68. The Labute approximate surface area is 158 Å². The van der Waals surface area contributed by atoms with E-state index in [1.165, 1.54) is 18.5 Å². The molecule has 1 aromatic heterocycles. The molecule has 1 heterocycles. The molecule has 0 aliphatic rings. The van der Waals surface area contributed by atoms with Crippen LogP contribution in [-0.2, 0) is 21.8 Å². The highest BCUT2D eigenvalue weighted by molar-refractivity contribution is 5.50. The molecule has 0 spiro atoms. The van der Waals surface area contributed by atoms with E-state index in [1.807, 2.05) is 0 Å². The summed E-state index contributed by atoms with van der Waals surface area (Å²) >= 11 is 0. The van der Waals surface area contributed by atoms with Crippen LogP contribution in [0.2, 0.25) is 0 Å². The van der Waals surface area contributed by atoms with E-state index in [9.17, 15) is 0 Å². The van der Waals surface area contributed by atoms with Gasteiger partial charge in [0.15, 0.2) is 0 Å². The Kier molecular flexibility index (Phi) is 6.05. The first-order chi connectivity index (χ1) is 11.1. The maximum atomic E-state index is 2.68. The highest BCUT2D eigenvalue weighted by Gasteiger charge is 2.42. The Bertz CT molecular complexity index is 603. The average molecular weight is 348 g/mol. The van der Waals surface area contributed by atoms with Crippen molar-refractivity contribution in [2.75, 3.05) is 0 Å². The van der Waals surface area contributed by atoms with Gasteiger partial charge in [-0.15, -0.1) is 0 Å². The van der Waals surface area contributed by atoms with E-state index < -0.39 is 0 Å². The lowest BCUT2D eigenvalue weighted by Gasteiger charge is -2.37. The van der Waals surface area contributed by atoms with Crippen molar-refractivity contribution in [2.45, 2.75) is 131 Å². The predicted octanol–water partition coefficient (Wildman–Crippen LogP) is 7.61. The van der Waals surface area contributed by atoms with E-state index in [-0.39, 0.29) is 21.8 Å². The minimum atomic E-state index is 0.0898. The SMILES string of the molecule is CCC(C)(C)c1c(C(C)(C)CC)c(C(C)(C)CC)n(C(C)(C)C)c1C. The molecule has 0 aliphatic carbocycles. The van der Waals surface area contributed by atoms with Gasteiger partial charge in [0.2, 0.25) is 0 Å². The summed E-state index contributed by atoms with van der Waals surface area (Å²) in [5.74, 6) is 0. The third-order valence-electron chi connectivity index (χ3n) is 6.72. The standard InChI is InChI=1S/C24H45N/c1-14-22(8,9)18-17(4)25(21(5,6)7)20(24(12,13)16-3)19(18)23(10,11)15-2/h14-16H2,1-13H3. The summed E-state index contributed by atoms with van der Waals surface area (Å²) in [6.07, 6.45) is 3.49. The highest BCUT2D eigenvalue weighted by atomic mass is 15.1. The molecule has 25 heavy (non-hydrogen) atoms. The first-order valence-electron chi connectivity index (χ1n) is 10.4. The second-order valence-electron chi connectivity index (χ2n) is 10.9. The zero-order chi connectivity index (χ0) is 20.0. The Hall–Kier alpha value is -0.720. The first-order valence-corrected chi connectivity index (χ1v) is 10.4. The molecule has 0 saturated heterocycles. The van der Waals surface area contributed by atoms with E-state index in [0.717, 1.165) is 6.42 Å². The molecule has 0 atom stereocenters. The summed E-state index contributed by atoms with van der Waals surface area (Å²) in [7, 11) is 0. The van der Waals surface area contributed by atoms with Crippen molar-refractivity contribution in [2.24, 2.45) is 0 Å². The van der Waals surface area contributed by atoms with Crippen LogP contribution in [0.15, 0.2) is 0 Å². The molecule has 1 rings (SSSR count). The van der Waals surface area contributed by atoms with Gasteiger partial charge in [0.05, 0.1) is 0 Å². The van der Waals surface area contributed by atoms with E-state index in [2.05, 4.69) is 94.6 Å². The van der Waals surface area contributed by atoms with Crippen LogP contribution in [0.3, 0.4) is 0 Å². The van der Waals surface area contributed by atoms with E-state index >= 15 is 0 Å². The van der Waals surface area contributed by atoms with E-state index in [1.54, 1.807) is 16.8 Å². The van der Waals surface area contributed by atoms with Gasteiger partial charge in [0, 0.05) is 22.3 Å². The Morgan fingerprint density at radius 3 is 1.28 bits per heavy atom. The molecule has 0 N–H and O–H groups in total. The van der Waals surface area contributed by atoms with Gasteiger partial charge in [-0.25, -0.2) is 0 Å². The minimum Gasteiger partial charge on any atom is -0.343 e. The maximum Gasteiger partial charge on any atom is 0.0361 e. The molecular formula is C24H45N. The molecule has 0 radical (unpaired) electrons. The lowest BCUT2D eigenvalue weighted by molar-refractivity contribution is 0.334. The zero-order valence-electron chi connectivity index (χ0n) is 19.6. The largest absolute Gasteiger partial charge is 0.343 e. The minimum absolute atomic E-state index is 0.0898. The quantitative estimate of drug-likeness (QED) is 0.499. The third kappa shape index (κ3) is 3.86. The second kappa shape index (κ2) is 6.78. The predicted molar refractivity (Wildman–Crippen MR) is 114 cm³/mol. The normalized spacial score (nSPS) is 14.3. The van der Waals surface area contributed by atoms with Gasteiger partial charge in [0.1, 0.15) is 0 Å². The zero-order valence-corrected chi connectivity index (χ0v) is 19.6. The van der Waals surface area contributed by atoms with Gasteiger partial charge < -0.3 is 4.57 Å². The molecule has 0 amide bonds. The monoisotopic (exact) mass is 347 g/mol. The van der Waals surface area contributed by atoms with Gasteiger partial charge >= 0.3 is 0 Å². The summed E-state index contributed by atoms with van der Waals surface area (Å²) in [6.45, 7) is 31.1. The summed E-state index contributed by atoms with van der Waals surface area (Å²) in [5.41, 5.74) is 6.92. The Balaban J connectivity index is 4.20. The first kappa shape index (κ1) is 22.3. The van der Waals surface area contributed by atoms with Crippen molar-refractivity contribution in [3.8, 4) is 0 Å². The van der Waals surface area contributed by atoms with Gasteiger partial charge in [-0.3, -0.25) is 0 Å². The highest BCUT2D eigenvalue weighted by Crippen LogP contribution is 2.48. The van der Waals surface area contributed by atoms with Crippen LogP contribution in [0.1, 0.15) is 125 Å². The van der Waals surface area contributed by atoms with E-state index in [4.69, 9.17) is 0 Å². The van der Waals surface area contributed by atoms with Gasteiger partial charge in [-0.1, -0.05) is 62.3 Å². The molecule has 0 unspecified atom stereocenters. The van der Waals surface area contributed by atoms with Crippen molar-refractivity contribution in [1.82, 2.24) is 4.57 Å². The summed E-state index contributed by atoms with van der Waals surface area (Å²) in [6, 6.07) is 0. The fraction of sp³-hybridized carbons (Fsp3) is 0.833. The molecule has 0 aromatic carbocycles. The number of hydrogen-bond acceptors (Lipinski definition) is 0. The maximum absolute atomic E-state index is 2.68. The van der Waals surface area contributed by atoms with Gasteiger partial charge in [0.25, 0.3) is 0 Å².